The van der Waals surface area contributed by atoms with Crippen LogP contribution in [0.5, 0.6) is 0 Å². The first-order valence-corrected chi connectivity index (χ1v) is 6.91. The van der Waals surface area contributed by atoms with Crippen LogP contribution in [-0.2, 0) is 0 Å². The average Bonchev–Trinajstić information content (AvgIpc) is 2.44. The third-order valence-corrected chi connectivity index (χ3v) is 2.60. The van der Waals surface area contributed by atoms with Crippen molar-refractivity contribution < 1.29 is 0 Å². The van der Waals surface area contributed by atoms with Crippen LogP contribution in [0.3, 0.4) is 0 Å². The van der Waals surface area contributed by atoms with Crippen LogP contribution in [0.15, 0.2) is 0 Å². The summed E-state index contributed by atoms with van der Waals surface area (Å²) in [5.74, 6) is 1.68. The largest absolute Gasteiger partial charge is 0.357 e. The van der Waals surface area contributed by atoms with Crippen molar-refractivity contribution in [2.45, 2.75) is 32.6 Å². The van der Waals surface area contributed by atoms with Gasteiger partial charge in [-0.1, -0.05) is 26.2 Å². The Morgan fingerprint density at radius 3 is 2.11 bits per heavy atom. The highest BCUT2D eigenvalue weighted by atomic mass is 15.3. The van der Waals surface area contributed by atoms with Crippen LogP contribution in [0.2, 0.25) is 0 Å². The summed E-state index contributed by atoms with van der Waals surface area (Å²) in [6, 6.07) is 0. The Labute approximate surface area is 114 Å². The summed E-state index contributed by atoms with van der Waals surface area (Å²) < 4.78 is 0. The fourth-order valence-electron chi connectivity index (χ4n) is 1.58. The second-order valence-corrected chi connectivity index (χ2v) is 4.26. The van der Waals surface area contributed by atoms with Crippen molar-refractivity contribution in [1.82, 2.24) is 15.0 Å². The molecule has 7 nitrogen and oxygen atoms in total. The molecular weight excluding hydrogens is 242 g/mol. The third kappa shape index (κ3) is 6.19. The molecule has 0 fully saturated rings. The zero-order valence-electron chi connectivity index (χ0n) is 11.9. The average molecular weight is 267 g/mol. The molecule has 0 aliphatic rings. The van der Waals surface area contributed by atoms with Crippen LogP contribution < -0.4 is 21.7 Å². The van der Waals surface area contributed by atoms with Crippen LogP contribution in [0.1, 0.15) is 32.6 Å². The molecule has 0 amide bonds. The van der Waals surface area contributed by atoms with Crippen molar-refractivity contribution in [3.63, 3.8) is 0 Å². The maximum Gasteiger partial charge on any atom is 0.229 e. The number of hydrogen-bond donors (Lipinski definition) is 4. The molecule has 1 aromatic rings. The van der Waals surface area contributed by atoms with Gasteiger partial charge >= 0.3 is 0 Å². The van der Waals surface area contributed by atoms with Crippen molar-refractivity contribution in [3.05, 3.63) is 0 Å². The van der Waals surface area contributed by atoms with Crippen LogP contribution >= 0.6 is 0 Å². The summed E-state index contributed by atoms with van der Waals surface area (Å²) in [6.45, 7) is 4.26. The first-order chi connectivity index (χ1) is 9.30. The Morgan fingerprint density at radius 2 is 1.53 bits per heavy atom. The van der Waals surface area contributed by atoms with Crippen molar-refractivity contribution >= 4 is 17.8 Å². The van der Waals surface area contributed by atoms with Gasteiger partial charge in [-0.2, -0.15) is 15.0 Å². The molecule has 1 heterocycles. The smallest absolute Gasteiger partial charge is 0.229 e. The minimum atomic E-state index is 0.542. The summed E-state index contributed by atoms with van der Waals surface area (Å²) in [5, 5.41) is 9.20. The quantitative estimate of drug-likeness (QED) is 0.474. The van der Waals surface area contributed by atoms with Gasteiger partial charge in [-0.3, -0.25) is 0 Å². The highest BCUT2D eigenvalue weighted by Gasteiger charge is 2.04. The highest BCUT2D eigenvalue weighted by Crippen LogP contribution is 2.09. The number of rotatable bonds is 10. The SMILES string of the molecule is CCCCCCNc1nc(NC)nc(NCCN)n1. The van der Waals surface area contributed by atoms with Crippen molar-refractivity contribution in [1.29, 1.82) is 0 Å². The van der Waals surface area contributed by atoms with E-state index in [9.17, 15) is 0 Å². The zero-order valence-corrected chi connectivity index (χ0v) is 11.9. The molecule has 19 heavy (non-hydrogen) atoms. The maximum atomic E-state index is 5.45. The molecule has 0 aromatic carbocycles. The highest BCUT2D eigenvalue weighted by molar-refractivity contribution is 5.41. The van der Waals surface area contributed by atoms with Crippen LogP contribution in [0, 0.1) is 0 Å². The van der Waals surface area contributed by atoms with E-state index < -0.39 is 0 Å². The molecule has 0 saturated carbocycles. The van der Waals surface area contributed by atoms with Gasteiger partial charge in [0.2, 0.25) is 17.8 Å². The van der Waals surface area contributed by atoms with E-state index in [1.807, 2.05) is 0 Å². The van der Waals surface area contributed by atoms with Gasteiger partial charge in [-0.15, -0.1) is 0 Å². The summed E-state index contributed by atoms with van der Waals surface area (Å²) in [6.07, 6.45) is 4.86. The standard InChI is InChI=1S/C12H25N7/c1-3-4-5-6-8-15-11-17-10(14-2)18-12(19-11)16-9-7-13/h3-9,13H2,1-2H3,(H3,14,15,16,17,18,19). The minimum absolute atomic E-state index is 0.542. The number of nitrogens with zero attached hydrogens (tertiary/aromatic N) is 3. The molecule has 0 atom stereocenters. The van der Waals surface area contributed by atoms with E-state index in [4.69, 9.17) is 5.73 Å². The van der Waals surface area contributed by atoms with Crippen molar-refractivity contribution in [3.8, 4) is 0 Å². The Bertz CT molecular complexity index is 356. The van der Waals surface area contributed by atoms with E-state index in [1.54, 1.807) is 7.05 Å². The monoisotopic (exact) mass is 267 g/mol. The first-order valence-electron chi connectivity index (χ1n) is 6.91. The van der Waals surface area contributed by atoms with E-state index in [-0.39, 0.29) is 0 Å². The Hall–Kier alpha value is -1.63. The van der Waals surface area contributed by atoms with Crippen LogP contribution in [0.4, 0.5) is 17.8 Å². The molecular formula is C12H25N7. The molecule has 0 spiro atoms. The molecule has 0 bridgehead atoms. The Morgan fingerprint density at radius 1 is 0.895 bits per heavy atom. The van der Waals surface area contributed by atoms with Gasteiger partial charge in [0, 0.05) is 26.7 Å². The van der Waals surface area contributed by atoms with E-state index in [0.717, 1.165) is 13.0 Å². The normalized spacial score (nSPS) is 10.3. The van der Waals surface area contributed by atoms with Gasteiger partial charge < -0.3 is 21.7 Å². The van der Waals surface area contributed by atoms with Gasteiger partial charge in [0.05, 0.1) is 0 Å². The Kier molecular flexibility index (Phi) is 7.57. The molecule has 5 N–H and O–H groups in total. The minimum Gasteiger partial charge on any atom is -0.357 e. The van der Waals surface area contributed by atoms with Gasteiger partial charge in [-0.25, -0.2) is 0 Å². The first kappa shape index (κ1) is 15.4. The van der Waals surface area contributed by atoms with Gasteiger partial charge in [0.1, 0.15) is 0 Å². The topological polar surface area (TPSA) is 101 Å². The van der Waals surface area contributed by atoms with Crippen LogP contribution in [0.25, 0.3) is 0 Å². The maximum absolute atomic E-state index is 5.45. The van der Waals surface area contributed by atoms with E-state index in [1.165, 1.54) is 19.3 Å². The number of anilines is 3. The molecule has 0 unspecified atom stereocenters. The fourth-order valence-corrected chi connectivity index (χ4v) is 1.58. The summed E-state index contributed by atoms with van der Waals surface area (Å²) in [7, 11) is 1.78. The molecule has 7 heteroatoms. The molecule has 1 rings (SSSR count). The van der Waals surface area contributed by atoms with E-state index >= 15 is 0 Å². The lowest BCUT2D eigenvalue weighted by Gasteiger charge is -2.09. The molecule has 1 aromatic heterocycles. The Balaban J connectivity index is 2.50. The van der Waals surface area contributed by atoms with Crippen molar-refractivity contribution in [2.24, 2.45) is 5.73 Å². The summed E-state index contributed by atoms with van der Waals surface area (Å²) in [5.41, 5.74) is 5.45. The predicted molar refractivity (Wildman–Crippen MR) is 79.5 cm³/mol. The summed E-state index contributed by atoms with van der Waals surface area (Å²) >= 11 is 0. The zero-order chi connectivity index (χ0) is 13.9. The summed E-state index contributed by atoms with van der Waals surface area (Å²) in [4.78, 5) is 12.8. The van der Waals surface area contributed by atoms with Gasteiger partial charge in [-0.05, 0) is 6.42 Å². The molecule has 108 valence electrons. The number of nitrogens with two attached hydrogens (primary N) is 1. The van der Waals surface area contributed by atoms with Gasteiger partial charge in [0.15, 0.2) is 0 Å². The van der Waals surface area contributed by atoms with E-state index in [0.29, 0.717) is 30.9 Å². The molecule has 0 radical (unpaired) electrons. The lowest BCUT2D eigenvalue weighted by Crippen LogP contribution is -2.17. The number of unbranched alkanes of at least 4 members (excludes halogenated alkanes) is 3. The molecule has 0 aliphatic heterocycles. The third-order valence-electron chi connectivity index (χ3n) is 2.60. The number of hydrogen-bond acceptors (Lipinski definition) is 7. The molecule has 0 saturated heterocycles. The fraction of sp³-hybridized carbons (Fsp3) is 0.750. The molecule has 0 aliphatic carbocycles. The lowest BCUT2D eigenvalue weighted by molar-refractivity contribution is 0.683. The van der Waals surface area contributed by atoms with Crippen LogP contribution in [-0.4, -0.2) is 41.6 Å². The number of nitrogens with one attached hydrogen (secondary N) is 3. The van der Waals surface area contributed by atoms with E-state index in [2.05, 4.69) is 37.8 Å². The lowest BCUT2D eigenvalue weighted by atomic mass is 10.2. The second-order valence-electron chi connectivity index (χ2n) is 4.26. The second kappa shape index (κ2) is 9.32. The van der Waals surface area contributed by atoms with Gasteiger partial charge in [0.25, 0.3) is 0 Å². The number of aromatic nitrogens is 3. The predicted octanol–water partition coefficient (Wildman–Crippen LogP) is 1.28. The van der Waals surface area contributed by atoms with Crippen molar-refractivity contribution in [2.75, 3.05) is 42.6 Å².